The van der Waals surface area contributed by atoms with Crippen LogP contribution in [0.25, 0.3) is 0 Å². The second-order valence-electron chi connectivity index (χ2n) is 5.07. The summed E-state index contributed by atoms with van der Waals surface area (Å²) in [5.74, 6) is 0.212. The zero-order valence-corrected chi connectivity index (χ0v) is 12.0. The van der Waals surface area contributed by atoms with Crippen molar-refractivity contribution in [1.82, 2.24) is 4.98 Å². The Morgan fingerprint density at radius 1 is 1.05 bits per heavy atom. The molecule has 0 aliphatic heterocycles. The summed E-state index contributed by atoms with van der Waals surface area (Å²) >= 11 is 0. The third-order valence-electron chi connectivity index (χ3n) is 4.00. The van der Waals surface area contributed by atoms with Gasteiger partial charge in [0.25, 0.3) is 0 Å². The predicted octanol–water partition coefficient (Wildman–Crippen LogP) is 3.58. The molecule has 0 saturated carbocycles. The molecule has 0 bridgehead atoms. The molecule has 0 fully saturated rings. The smallest absolute Gasteiger partial charge is 0.115 e. The fourth-order valence-corrected chi connectivity index (χ4v) is 2.85. The van der Waals surface area contributed by atoms with Crippen LogP contribution in [0.2, 0.25) is 0 Å². The Morgan fingerprint density at radius 3 is 2.15 bits per heavy atom. The van der Waals surface area contributed by atoms with Gasteiger partial charge in [-0.25, -0.2) is 0 Å². The Bertz CT molecular complexity index is 539. The lowest BCUT2D eigenvalue weighted by atomic mass is 9.74. The molecule has 0 aliphatic carbocycles. The molecule has 20 heavy (non-hydrogen) atoms. The molecule has 3 heteroatoms. The van der Waals surface area contributed by atoms with Gasteiger partial charge in [-0.15, -0.1) is 0 Å². The average molecular weight is 271 g/mol. The monoisotopic (exact) mass is 271 g/mol. The molecule has 0 saturated heterocycles. The summed E-state index contributed by atoms with van der Waals surface area (Å²) in [4.78, 5) is 4.04. The summed E-state index contributed by atoms with van der Waals surface area (Å²) in [5.41, 5.74) is 0.977. The van der Waals surface area contributed by atoms with E-state index in [2.05, 4.69) is 11.9 Å². The predicted molar refractivity (Wildman–Crippen MR) is 79.6 cm³/mol. The van der Waals surface area contributed by atoms with Crippen molar-refractivity contribution in [2.75, 3.05) is 0 Å². The maximum atomic E-state index is 11.2. The summed E-state index contributed by atoms with van der Waals surface area (Å²) in [6, 6.07) is 10.7. The second-order valence-corrected chi connectivity index (χ2v) is 5.07. The van der Waals surface area contributed by atoms with E-state index in [9.17, 15) is 10.2 Å². The number of phenols is 1. The van der Waals surface area contributed by atoms with Gasteiger partial charge in [-0.3, -0.25) is 4.98 Å². The largest absolute Gasteiger partial charge is 0.508 e. The molecular weight excluding hydrogens is 250 g/mol. The maximum absolute atomic E-state index is 11.2. The highest BCUT2D eigenvalue weighted by Gasteiger charge is 2.36. The van der Waals surface area contributed by atoms with Crippen LogP contribution in [0.4, 0.5) is 0 Å². The number of hydrogen-bond donors (Lipinski definition) is 2. The molecule has 0 spiro atoms. The lowest BCUT2D eigenvalue weighted by molar-refractivity contribution is 0.00143. The fourth-order valence-electron chi connectivity index (χ4n) is 2.85. The van der Waals surface area contributed by atoms with Gasteiger partial charge in [0, 0.05) is 18.3 Å². The molecule has 3 nitrogen and oxygen atoms in total. The van der Waals surface area contributed by atoms with Crippen LogP contribution in [0.15, 0.2) is 48.8 Å². The van der Waals surface area contributed by atoms with Crippen molar-refractivity contribution in [2.24, 2.45) is 0 Å². The molecule has 0 unspecified atom stereocenters. The van der Waals surface area contributed by atoms with Gasteiger partial charge in [-0.05, 0) is 48.2 Å². The number of pyridine rings is 1. The standard InChI is InChI=1S/C17H21NO2/c1-3-16(13-9-11-18-12-10-13)17(20,4-2)14-5-7-15(19)8-6-14/h5-12,16,19-20H,3-4H2,1-2H3/t16-,17-/m0/s1. The Hall–Kier alpha value is -1.87. The quantitative estimate of drug-likeness (QED) is 0.874. The van der Waals surface area contributed by atoms with Crippen LogP contribution in [0.1, 0.15) is 43.7 Å². The van der Waals surface area contributed by atoms with Crippen LogP contribution in [-0.2, 0) is 5.60 Å². The number of nitrogens with zero attached hydrogens (tertiary/aromatic N) is 1. The van der Waals surface area contributed by atoms with Crippen LogP contribution < -0.4 is 0 Å². The maximum Gasteiger partial charge on any atom is 0.115 e. The zero-order valence-electron chi connectivity index (χ0n) is 12.0. The van der Waals surface area contributed by atoms with Gasteiger partial charge < -0.3 is 10.2 Å². The number of hydrogen-bond acceptors (Lipinski definition) is 3. The van der Waals surface area contributed by atoms with Crippen molar-refractivity contribution in [3.63, 3.8) is 0 Å². The minimum absolute atomic E-state index is 0.0000397. The van der Waals surface area contributed by atoms with Gasteiger partial charge in [0.15, 0.2) is 0 Å². The molecule has 2 aromatic rings. The van der Waals surface area contributed by atoms with Crippen LogP contribution in [-0.4, -0.2) is 15.2 Å². The van der Waals surface area contributed by atoms with Crippen LogP contribution in [0.5, 0.6) is 5.75 Å². The Kier molecular flexibility index (Phi) is 4.40. The summed E-state index contributed by atoms with van der Waals surface area (Å²) in [5, 5.41) is 20.6. The minimum atomic E-state index is -0.941. The second kappa shape index (κ2) is 6.06. The van der Waals surface area contributed by atoms with E-state index in [4.69, 9.17) is 0 Å². The Labute approximate surface area is 119 Å². The lowest BCUT2D eigenvalue weighted by Crippen LogP contribution is -2.32. The number of aliphatic hydroxyl groups is 1. The van der Waals surface area contributed by atoms with Crippen molar-refractivity contribution < 1.29 is 10.2 Å². The van der Waals surface area contributed by atoms with Gasteiger partial charge in [0.2, 0.25) is 0 Å². The molecule has 0 aliphatic rings. The third-order valence-corrected chi connectivity index (χ3v) is 4.00. The highest BCUT2D eigenvalue weighted by atomic mass is 16.3. The molecule has 1 heterocycles. The van der Waals surface area contributed by atoms with E-state index in [-0.39, 0.29) is 11.7 Å². The first-order valence-electron chi connectivity index (χ1n) is 7.03. The van der Waals surface area contributed by atoms with E-state index in [1.165, 1.54) is 0 Å². The van der Waals surface area contributed by atoms with Gasteiger partial charge in [0.1, 0.15) is 5.75 Å². The third kappa shape index (κ3) is 2.68. The van der Waals surface area contributed by atoms with Crippen LogP contribution >= 0.6 is 0 Å². The number of aromatic hydroxyl groups is 1. The molecule has 2 rings (SSSR count). The highest BCUT2D eigenvalue weighted by Crippen LogP contribution is 2.41. The minimum Gasteiger partial charge on any atom is -0.508 e. The summed E-state index contributed by atoms with van der Waals surface area (Å²) in [6.07, 6.45) is 4.95. The van der Waals surface area contributed by atoms with Gasteiger partial charge >= 0.3 is 0 Å². The van der Waals surface area contributed by atoms with E-state index in [1.807, 2.05) is 19.1 Å². The number of rotatable bonds is 5. The van der Waals surface area contributed by atoms with Crippen molar-refractivity contribution in [1.29, 1.82) is 0 Å². The van der Waals surface area contributed by atoms with Crippen molar-refractivity contribution in [3.8, 4) is 5.75 Å². The topological polar surface area (TPSA) is 53.4 Å². The van der Waals surface area contributed by atoms with E-state index < -0.39 is 5.60 Å². The average Bonchev–Trinajstić information content (AvgIpc) is 2.49. The van der Waals surface area contributed by atoms with E-state index in [1.54, 1.807) is 36.7 Å². The first-order chi connectivity index (χ1) is 9.61. The molecule has 2 atom stereocenters. The molecule has 1 aromatic carbocycles. The SMILES string of the molecule is CC[C@@H](c1ccncc1)[C@](O)(CC)c1ccc(O)cc1. The number of benzene rings is 1. The van der Waals surface area contributed by atoms with Gasteiger partial charge in [0.05, 0.1) is 5.60 Å². The van der Waals surface area contributed by atoms with Crippen LogP contribution in [0.3, 0.4) is 0 Å². The molecule has 106 valence electrons. The first kappa shape index (κ1) is 14.5. The van der Waals surface area contributed by atoms with Crippen molar-refractivity contribution >= 4 is 0 Å². The highest BCUT2D eigenvalue weighted by molar-refractivity contribution is 5.34. The van der Waals surface area contributed by atoms with E-state index >= 15 is 0 Å². The van der Waals surface area contributed by atoms with Gasteiger partial charge in [-0.1, -0.05) is 26.0 Å². The Balaban J connectivity index is 2.45. The summed E-state index contributed by atoms with van der Waals surface area (Å²) in [7, 11) is 0. The van der Waals surface area contributed by atoms with Crippen molar-refractivity contribution in [3.05, 3.63) is 59.9 Å². The molecule has 1 aromatic heterocycles. The van der Waals surface area contributed by atoms with Crippen molar-refractivity contribution in [2.45, 2.75) is 38.2 Å². The van der Waals surface area contributed by atoms with Gasteiger partial charge in [-0.2, -0.15) is 0 Å². The fraction of sp³-hybridized carbons (Fsp3) is 0.353. The number of aromatic nitrogens is 1. The van der Waals surface area contributed by atoms with E-state index in [0.29, 0.717) is 6.42 Å². The number of phenolic OH excluding ortho intramolecular Hbond substituents is 1. The van der Waals surface area contributed by atoms with E-state index in [0.717, 1.165) is 17.5 Å². The molecule has 2 N–H and O–H groups in total. The summed E-state index contributed by atoms with van der Waals surface area (Å²) < 4.78 is 0. The lowest BCUT2D eigenvalue weighted by Gasteiger charge is -2.36. The van der Waals surface area contributed by atoms with Crippen LogP contribution in [0, 0.1) is 0 Å². The first-order valence-corrected chi connectivity index (χ1v) is 7.03. The zero-order chi connectivity index (χ0) is 14.6. The normalized spacial score (nSPS) is 15.6. The summed E-state index contributed by atoms with van der Waals surface area (Å²) in [6.45, 7) is 4.06. The molecular formula is C17H21NO2. The molecule has 0 amide bonds. The molecule has 0 radical (unpaired) electrons. The Morgan fingerprint density at radius 2 is 1.65 bits per heavy atom.